The average molecular weight is 213 g/mol. The van der Waals surface area contributed by atoms with Gasteiger partial charge >= 0.3 is 0 Å². The van der Waals surface area contributed by atoms with Gasteiger partial charge in [-0.1, -0.05) is 0 Å². The molecule has 0 aliphatic heterocycles. The van der Waals surface area contributed by atoms with Crippen LogP contribution in [0.2, 0.25) is 0 Å². The molecular weight excluding hydrogens is 202 g/mol. The predicted octanol–water partition coefficient (Wildman–Crippen LogP) is 0.976. The maximum atomic E-state index is 9.19. The summed E-state index contributed by atoms with van der Waals surface area (Å²) < 4.78 is 4.92. The molecule has 0 fully saturated rings. The molecule has 0 aliphatic carbocycles. The van der Waals surface area contributed by atoms with Crippen molar-refractivity contribution in [3.63, 3.8) is 0 Å². The topological polar surface area (TPSA) is 103 Å². The average Bonchev–Trinajstić information content (AvgIpc) is 2.22. The first-order chi connectivity index (χ1) is 7.10. The standard InChI is InChI=1S/C9H11NO5/c1-2-15-9(10-14)5-3-6(11)8(13)7(12)4-5/h3-4,11-14H,2H2,1H3/b10-9-. The molecule has 0 saturated heterocycles. The number of hydrogen-bond acceptors (Lipinski definition) is 6. The molecule has 1 rings (SSSR count). The monoisotopic (exact) mass is 213 g/mol. The number of phenolic OH excluding ortho intramolecular Hbond substituents is 3. The van der Waals surface area contributed by atoms with Crippen LogP contribution in [0.4, 0.5) is 0 Å². The van der Waals surface area contributed by atoms with E-state index in [4.69, 9.17) is 15.1 Å². The fourth-order valence-electron chi connectivity index (χ4n) is 1.03. The Hall–Kier alpha value is -2.11. The largest absolute Gasteiger partial charge is 0.504 e. The van der Waals surface area contributed by atoms with E-state index in [0.717, 1.165) is 12.1 Å². The van der Waals surface area contributed by atoms with Crippen molar-refractivity contribution in [2.24, 2.45) is 5.16 Å². The van der Waals surface area contributed by atoms with Gasteiger partial charge in [0.15, 0.2) is 17.2 Å². The fraction of sp³-hybridized carbons (Fsp3) is 0.222. The Morgan fingerprint density at radius 2 is 1.80 bits per heavy atom. The maximum Gasteiger partial charge on any atom is 0.257 e. The highest BCUT2D eigenvalue weighted by Gasteiger charge is 2.13. The van der Waals surface area contributed by atoms with Crippen LogP contribution in [0.1, 0.15) is 12.5 Å². The van der Waals surface area contributed by atoms with E-state index in [1.165, 1.54) is 0 Å². The summed E-state index contributed by atoms with van der Waals surface area (Å²) in [6.45, 7) is 1.95. The molecule has 0 atom stereocenters. The summed E-state index contributed by atoms with van der Waals surface area (Å²) >= 11 is 0. The Morgan fingerprint density at radius 1 is 1.27 bits per heavy atom. The lowest BCUT2D eigenvalue weighted by Crippen LogP contribution is -2.06. The van der Waals surface area contributed by atoms with Crippen molar-refractivity contribution >= 4 is 5.90 Å². The number of ether oxygens (including phenoxy) is 1. The highest BCUT2D eigenvalue weighted by molar-refractivity contribution is 5.95. The Bertz CT molecular complexity index is 365. The summed E-state index contributed by atoms with van der Waals surface area (Å²) in [5.41, 5.74) is 0.159. The van der Waals surface area contributed by atoms with E-state index in [1.54, 1.807) is 6.92 Å². The number of rotatable bonds is 2. The van der Waals surface area contributed by atoms with Crippen LogP contribution in [0.25, 0.3) is 0 Å². The van der Waals surface area contributed by atoms with E-state index < -0.39 is 17.2 Å². The van der Waals surface area contributed by atoms with Crippen LogP contribution in [0.5, 0.6) is 17.2 Å². The Labute approximate surface area is 85.7 Å². The predicted molar refractivity (Wildman–Crippen MR) is 51.4 cm³/mol. The van der Waals surface area contributed by atoms with Crippen LogP contribution >= 0.6 is 0 Å². The molecule has 0 heterocycles. The van der Waals surface area contributed by atoms with E-state index >= 15 is 0 Å². The van der Waals surface area contributed by atoms with Gasteiger partial charge in [0.1, 0.15) is 0 Å². The Morgan fingerprint density at radius 3 is 2.20 bits per heavy atom. The molecule has 6 nitrogen and oxygen atoms in total. The zero-order valence-corrected chi connectivity index (χ0v) is 8.01. The smallest absolute Gasteiger partial charge is 0.257 e. The van der Waals surface area contributed by atoms with E-state index in [0.29, 0.717) is 0 Å². The van der Waals surface area contributed by atoms with Crippen LogP contribution in [0.3, 0.4) is 0 Å². The molecule has 0 bridgehead atoms. The van der Waals surface area contributed by atoms with Gasteiger partial charge < -0.3 is 25.3 Å². The molecular formula is C9H11NO5. The summed E-state index contributed by atoms with van der Waals surface area (Å²) in [6, 6.07) is 2.22. The van der Waals surface area contributed by atoms with Crippen molar-refractivity contribution < 1.29 is 25.3 Å². The lowest BCUT2D eigenvalue weighted by atomic mass is 10.2. The van der Waals surface area contributed by atoms with Crippen molar-refractivity contribution in [1.29, 1.82) is 0 Å². The molecule has 1 aromatic carbocycles. The molecule has 0 saturated carbocycles. The highest BCUT2D eigenvalue weighted by atomic mass is 16.5. The summed E-state index contributed by atoms with van der Waals surface area (Å²) in [7, 11) is 0. The molecule has 4 N–H and O–H groups in total. The molecule has 82 valence electrons. The summed E-state index contributed by atoms with van der Waals surface area (Å²) in [5.74, 6) is -1.83. The molecule has 0 unspecified atom stereocenters. The Kier molecular flexibility index (Phi) is 3.22. The first kappa shape index (κ1) is 11.0. The van der Waals surface area contributed by atoms with Gasteiger partial charge in [0.25, 0.3) is 5.90 Å². The summed E-state index contributed by atoms with van der Waals surface area (Å²) in [6.07, 6.45) is 0. The number of phenols is 3. The lowest BCUT2D eigenvalue weighted by molar-refractivity contribution is 0.265. The van der Waals surface area contributed by atoms with Gasteiger partial charge in [-0.15, -0.1) is 0 Å². The van der Waals surface area contributed by atoms with Gasteiger partial charge in [0.05, 0.1) is 6.61 Å². The lowest BCUT2D eigenvalue weighted by Gasteiger charge is -2.07. The molecule has 0 spiro atoms. The zero-order valence-electron chi connectivity index (χ0n) is 8.01. The highest BCUT2D eigenvalue weighted by Crippen LogP contribution is 2.35. The van der Waals surface area contributed by atoms with Gasteiger partial charge in [-0.05, 0) is 24.2 Å². The number of oxime groups is 1. The van der Waals surface area contributed by atoms with E-state index in [-0.39, 0.29) is 18.1 Å². The zero-order chi connectivity index (χ0) is 11.4. The van der Waals surface area contributed by atoms with E-state index in [1.807, 2.05) is 0 Å². The SMILES string of the molecule is CCO/C(=N\O)c1cc(O)c(O)c(O)c1. The number of aromatic hydroxyl groups is 3. The van der Waals surface area contributed by atoms with Gasteiger partial charge in [-0.25, -0.2) is 0 Å². The van der Waals surface area contributed by atoms with Crippen molar-refractivity contribution in [2.45, 2.75) is 6.92 Å². The third kappa shape index (κ3) is 2.22. The number of benzene rings is 1. The second-order valence-electron chi connectivity index (χ2n) is 2.70. The summed E-state index contributed by atoms with van der Waals surface area (Å²) in [5, 5.41) is 38.9. The molecule has 0 aliphatic rings. The van der Waals surface area contributed by atoms with E-state index in [9.17, 15) is 10.2 Å². The number of nitrogens with zero attached hydrogens (tertiary/aromatic N) is 1. The van der Waals surface area contributed by atoms with Crippen molar-refractivity contribution in [3.8, 4) is 17.2 Å². The van der Waals surface area contributed by atoms with Crippen LogP contribution in [-0.2, 0) is 4.74 Å². The van der Waals surface area contributed by atoms with Gasteiger partial charge in [-0.2, -0.15) is 0 Å². The third-order valence-electron chi connectivity index (χ3n) is 1.69. The third-order valence-corrected chi connectivity index (χ3v) is 1.69. The first-order valence-corrected chi connectivity index (χ1v) is 4.20. The molecule has 15 heavy (non-hydrogen) atoms. The van der Waals surface area contributed by atoms with Crippen LogP contribution in [-0.4, -0.2) is 33.0 Å². The van der Waals surface area contributed by atoms with Gasteiger partial charge in [0, 0.05) is 5.56 Å². The van der Waals surface area contributed by atoms with Crippen LogP contribution < -0.4 is 0 Å². The fourth-order valence-corrected chi connectivity index (χ4v) is 1.03. The second-order valence-corrected chi connectivity index (χ2v) is 2.70. The quantitative estimate of drug-likeness (QED) is 0.193. The van der Waals surface area contributed by atoms with Crippen molar-refractivity contribution in [3.05, 3.63) is 17.7 Å². The molecule has 0 amide bonds. The Balaban J connectivity index is 3.15. The minimum absolute atomic E-state index is 0.150. The molecule has 0 aromatic heterocycles. The molecule has 0 radical (unpaired) electrons. The minimum atomic E-state index is -0.632. The minimum Gasteiger partial charge on any atom is -0.504 e. The first-order valence-electron chi connectivity index (χ1n) is 4.20. The second kappa shape index (κ2) is 4.41. The maximum absolute atomic E-state index is 9.19. The van der Waals surface area contributed by atoms with Crippen LogP contribution in [0, 0.1) is 0 Å². The van der Waals surface area contributed by atoms with Gasteiger partial charge in [0.2, 0.25) is 0 Å². The normalized spacial score (nSPS) is 11.4. The molecule has 1 aromatic rings. The van der Waals surface area contributed by atoms with Gasteiger partial charge in [-0.3, -0.25) is 0 Å². The van der Waals surface area contributed by atoms with Crippen LogP contribution in [0.15, 0.2) is 17.3 Å². The van der Waals surface area contributed by atoms with Crippen molar-refractivity contribution in [1.82, 2.24) is 0 Å². The van der Waals surface area contributed by atoms with E-state index in [2.05, 4.69) is 5.16 Å². The summed E-state index contributed by atoms with van der Waals surface area (Å²) in [4.78, 5) is 0. The number of hydrogen-bond donors (Lipinski definition) is 4. The van der Waals surface area contributed by atoms with Crippen molar-refractivity contribution in [2.75, 3.05) is 6.61 Å². The molecule has 6 heteroatoms.